The Morgan fingerprint density at radius 3 is 2.80 bits per heavy atom. The Balaban J connectivity index is 1.44. The molecular weight excluding hydrogens is 320 g/mol. The molecule has 2 aromatic rings. The third-order valence-corrected chi connectivity index (χ3v) is 4.68. The molecule has 0 radical (unpaired) electrons. The first-order chi connectivity index (χ1) is 12.2. The number of amides is 1. The van der Waals surface area contributed by atoms with E-state index >= 15 is 0 Å². The Morgan fingerprint density at radius 1 is 1.28 bits per heavy atom. The fourth-order valence-corrected chi connectivity index (χ4v) is 3.32. The van der Waals surface area contributed by atoms with E-state index in [-0.39, 0.29) is 12.0 Å². The van der Waals surface area contributed by atoms with Gasteiger partial charge in [0.1, 0.15) is 17.7 Å². The van der Waals surface area contributed by atoms with Crippen molar-refractivity contribution in [1.82, 2.24) is 25.1 Å². The minimum absolute atomic E-state index is 0.0268. The molecule has 2 fully saturated rings. The molecule has 0 aromatic carbocycles. The largest absolute Gasteiger partial charge is 0.366 e. The van der Waals surface area contributed by atoms with Gasteiger partial charge in [-0.15, -0.1) is 0 Å². The summed E-state index contributed by atoms with van der Waals surface area (Å²) in [6.45, 7) is 5.42. The monoisotopic (exact) mass is 342 g/mol. The molecule has 132 valence electrons. The number of ether oxygens (including phenoxy) is 1. The van der Waals surface area contributed by atoms with Gasteiger partial charge in [0.2, 0.25) is 0 Å². The number of carbonyl (C=O) groups excluding carboxylic acids is 1. The molecule has 0 unspecified atom stereocenters. The summed E-state index contributed by atoms with van der Waals surface area (Å²) < 4.78 is 5.72. The van der Waals surface area contributed by atoms with Crippen molar-refractivity contribution >= 4 is 11.7 Å². The van der Waals surface area contributed by atoms with Crippen LogP contribution in [-0.2, 0) is 4.74 Å². The average Bonchev–Trinajstić information content (AvgIpc) is 3.33. The molecule has 1 amide bonds. The van der Waals surface area contributed by atoms with E-state index in [1.54, 1.807) is 11.1 Å². The SMILES string of the molecule is Cc1nc([C@H]2CN(C(=O)c3ccc(N4CCCC4)nc3)CCO2)n[nH]1. The van der Waals surface area contributed by atoms with Crippen LogP contribution in [0.3, 0.4) is 0 Å². The van der Waals surface area contributed by atoms with Crippen LogP contribution in [0.2, 0.25) is 0 Å². The molecule has 0 bridgehead atoms. The maximum absolute atomic E-state index is 12.8. The van der Waals surface area contributed by atoms with Gasteiger partial charge in [-0.2, -0.15) is 5.10 Å². The van der Waals surface area contributed by atoms with Crippen molar-refractivity contribution in [3.05, 3.63) is 35.5 Å². The molecule has 25 heavy (non-hydrogen) atoms. The number of hydrogen-bond acceptors (Lipinski definition) is 6. The van der Waals surface area contributed by atoms with Crippen molar-refractivity contribution < 1.29 is 9.53 Å². The van der Waals surface area contributed by atoms with Crippen molar-refractivity contribution in [3.8, 4) is 0 Å². The Kier molecular flexibility index (Phi) is 4.35. The van der Waals surface area contributed by atoms with Gasteiger partial charge in [0.25, 0.3) is 5.91 Å². The van der Waals surface area contributed by atoms with E-state index in [1.165, 1.54) is 12.8 Å². The summed E-state index contributed by atoms with van der Waals surface area (Å²) in [7, 11) is 0. The maximum atomic E-state index is 12.8. The molecule has 0 saturated carbocycles. The normalized spacial score (nSPS) is 20.9. The van der Waals surface area contributed by atoms with Gasteiger partial charge >= 0.3 is 0 Å². The zero-order chi connectivity index (χ0) is 17.2. The standard InChI is InChI=1S/C17H22N6O2/c1-12-19-16(21-20-12)14-11-23(8-9-25-14)17(24)13-4-5-15(18-10-13)22-6-2-3-7-22/h4-5,10,14H,2-3,6-9,11H2,1H3,(H,19,20,21)/t14-/m1/s1. The van der Waals surface area contributed by atoms with E-state index in [9.17, 15) is 4.79 Å². The number of hydrogen-bond donors (Lipinski definition) is 1. The first-order valence-electron chi connectivity index (χ1n) is 8.71. The lowest BCUT2D eigenvalue weighted by molar-refractivity contribution is -0.0266. The highest BCUT2D eigenvalue weighted by Gasteiger charge is 2.28. The maximum Gasteiger partial charge on any atom is 0.255 e. The molecule has 2 aliphatic heterocycles. The van der Waals surface area contributed by atoms with Crippen LogP contribution < -0.4 is 4.90 Å². The topological polar surface area (TPSA) is 87.2 Å². The molecule has 1 atom stereocenters. The molecule has 8 nitrogen and oxygen atoms in total. The summed E-state index contributed by atoms with van der Waals surface area (Å²) in [6.07, 6.45) is 3.80. The number of carbonyl (C=O) groups is 1. The van der Waals surface area contributed by atoms with Crippen molar-refractivity contribution in [2.75, 3.05) is 37.7 Å². The van der Waals surface area contributed by atoms with Crippen LogP contribution in [0.25, 0.3) is 0 Å². The highest BCUT2D eigenvalue weighted by molar-refractivity contribution is 5.94. The number of aromatic amines is 1. The van der Waals surface area contributed by atoms with E-state index in [0.717, 1.165) is 24.7 Å². The summed E-state index contributed by atoms with van der Waals surface area (Å²) in [5.41, 5.74) is 0.606. The summed E-state index contributed by atoms with van der Waals surface area (Å²) in [5, 5.41) is 6.96. The van der Waals surface area contributed by atoms with Crippen LogP contribution in [0.15, 0.2) is 18.3 Å². The molecule has 4 heterocycles. The number of anilines is 1. The summed E-state index contributed by atoms with van der Waals surface area (Å²) in [4.78, 5) is 25.6. The van der Waals surface area contributed by atoms with Gasteiger partial charge in [-0.1, -0.05) is 0 Å². The quantitative estimate of drug-likeness (QED) is 0.905. The Labute approximate surface area is 146 Å². The van der Waals surface area contributed by atoms with Crippen LogP contribution in [0.1, 0.15) is 41.0 Å². The van der Waals surface area contributed by atoms with Gasteiger partial charge in [-0.3, -0.25) is 9.89 Å². The number of pyridine rings is 1. The van der Waals surface area contributed by atoms with Crippen molar-refractivity contribution in [3.63, 3.8) is 0 Å². The predicted octanol–water partition coefficient (Wildman–Crippen LogP) is 1.32. The van der Waals surface area contributed by atoms with Crippen LogP contribution in [0.4, 0.5) is 5.82 Å². The smallest absolute Gasteiger partial charge is 0.255 e. The number of aryl methyl sites for hydroxylation is 1. The highest BCUT2D eigenvalue weighted by Crippen LogP contribution is 2.22. The van der Waals surface area contributed by atoms with E-state index in [2.05, 4.69) is 25.1 Å². The second-order valence-electron chi connectivity index (χ2n) is 6.49. The number of aromatic nitrogens is 4. The first kappa shape index (κ1) is 16.0. The molecule has 8 heteroatoms. The fraction of sp³-hybridized carbons (Fsp3) is 0.529. The van der Waals surface area contributed by atoms with Crippen LogP contribution >= 0.6 is 0 Å². The molecular formula is C17H22N6O2. The van der Waals surface area contributed by atoms with Crippen LogP contribution in [-0.4, -0.2) is 63.8 Å². The van der Waals surface area contributed by atoms with Crippen molar-refractivity contribution in [2.24, 2.45) is 0 Å². The Morgan fingerprint density at radius 2 is 2.12 bits per heavy atom. The summed E-state index contributed by atoms with van der Waals surface area (Å²) >= 11 is 0. The van der Waals surface area contributed by atoms with Crippen molar-refractivity contribution in [1.29, 1.82) is 0 Å². The van der Waals surface area contributed by atoms with E-state index in [1.807, 2.05) is 19.1 Å². The van der Waals surface area contributed by atoms with E-state index < -0.39 is 0 Å². The zero-order valence-corrected chi connectivity index (χ0v) is 14.3. The van der Waals surface area contributed by atoms with Gasteiger partial charge < -0.3 is 14.5 Å². The fourth-order valence-electron chi connectivity index (χ4n) is 3.32. The van der Waals surface area contributed by atoms with Gasteiger partial charge in [-0.05, 0) is 31.9 Å². The Hall–Kier alpha value is -2.48. The van der Waals surface area contributed by atoms with Gasteiger partial charge in [0, 0.05) is 25.8 Å². The number of nitrogens with one attached hydrogen (secondary N) is 1. The summed E-state index contributed by atoms with van der Waals surface area (Å²) in [5.74, 6) is 2.26. The second kappa shape index (κ2) is 6.79. The Bertz CT molecular complexity index is 738. The first-order valence-corrected chi connectivity index (χ1v) is 8.71. The second-order valence-corrected chi connectivity index (χ2v) is 6.49. The molecule has 0 aliphatic carbocycles. The lowest BCUT2D eigenvalue weighted by Crippen LogP contribution is -2.42. The summed E-state index contributed by atoms with van der Waals surface area (Å²) in [6, 6.07) is 3.81. The number of rotatable bonds is 3. The lowest BCUT2D eigenvalue weighted by atomic mass is 10.2. The molecule has 2 aromatic heterocycles. The van der Waals surface area contributed by atoms with Crippen molar-refractivity contribution in [2.45, 2.75) is 25.9 Å². The number of morpholine rings is 1. The molecule has 2 aliphatic rings. The van der Waals surface area contributed by atoms with Crippen LogP contribution in [0.5, 0.6) is 0 Å². The molecule has 4 rings (SSSR count). The predicted molar refractivity (Wildman–Crippen MR) is 91.4 cm³/mol. The number of nitrogens with zero attached hydrogens (tertiary/aromatic N) is 5. The average molecular weight is 342 g/mol. The lowest BCUT2D eigenvalue weighted by Gasteiger charge is -2.31. The third-order valence-electron chi connectivity index (χ3n) is 4.68. The molecule has 2 saturated heterocycles. The highest BCUT2D eigenvalue weighted by atomic mass is 16.5. The zero-order valence-electron chi connectivity index (χ0n) is 14.3. The van der Waals surface area contributed by atoms with E-state index in [4.69, 9.17) is 4.74 Å². The van der Waals surface area contributed by atoms with Crippen LogP contribution in [0, 0.1) is 6.92 Å². The minimum Gasteiger partial charge on any atom is -0.366 e. The number of H-pyrrole nitrogens is 1. The molecule has 0 spiro atoms. The third kappa shape index (κ3) is 3.34. The van der Waals surface area contributed by atoms with Gasteiger partial charge in [0.15, 0.2) is 5.82 Å². The van der Waals surface area contributed by atoms with E-state index in [0.29, 0.717) is 31.1 Å². The van der Waals surface area contributed by atoms with Gasteiger partial charge in [0.05, 0.1) is 18.7 Å². The molecule has 1 N–H and O–H groups in total. The van der Waals surface area contributed by atoms with Gasteiger partial charge in [-0.25, -0.2) is 9.97 Å². The minimum atomic E-state index is -0.292.